The van der Waals surface area contributed by atoms with Crippen molar-refractivity contribution >= 4 is 16.8 Å². The first kappa shape index (κ1) is 22.7. The SMILES string of the molecule is CC.O=C(c1n[nH]c2cc(F)c(F)cc12)N1CCC(c2ccccc2C(F)(F)F)CC1. The van der Waals surface area contributed by atoms with Crippen molar-refractivity contribution in [1.82, 2.24) is 15.1 Å². The predicted molar refractivity (Wildman–Crippen MR) is 107 cm³/mol. The standard InChI is InChI=1S/C20H16F5N3O.C2H6/c21-15-9-13-17(10-16(15)22)26-27-18(13)19(29)28-7-5-11(6-8-28)12-3-1-2-4-14(12)20(23,24)25;1-2/h1-4,9-11H,5-8H2,(H,26,27);1-2H3. The van der Waals surface area contributed by atoms with Crippen molar-refractivity contribution in [1.29, 1.82) is 0 Å². The van der Waals surface area contributed by atoms with E-state index in [2.05, 4.69) is 10.2 Å². The molecule has 1 saturated heterocycles. The summed E-state index contributed by atoms with van der Waals surface area (Å²) < 4.78 is 66.7. The molecule has 0 radical (unpaired) electrons. The number of carbonyl (C=O) groups excluding carboxylic acids is 1. The Morgan fingerprint density at radius 2 is 1.68 bits per heavy atom. The number of halogens is 5. The minimum absolute atomic E-state index is 0.0342. The molecular weight excluding hydrogens is 417 g/mol. The number of rotatable bonds is 2. The number of hydrogen-bond acceptors (Lipinski definition) is 2. The lowest BCUT2D eigenvalue weighted by Gasteiger charge is -2.33. The van der Waals surface area contributed by atoms with E-state index in [1.165, 1.54) is 17.0 Å². The van der Waals surface area contributed by atoms with Gasteiger partial charge >= 0.3 is 6.18 Å². The Hall–Kier alpha value is -2.97. The van der Waals surface area contributed by atoms with E-state index < -0.39 is 29.3 Å². The fourth-order valence-corrected chi connectivity index (χ4v) is 3.83. The Morgan fingerprint density at radius 3 is 2.32 bits per heavy atom. The zero-order valence-corrected chi connectivity index (χ0v) is 17.1. The summed E-state index contributed by atoms with van der Waals surface area (Å²) in [4.78, 5) is 14.3. The minimum atomic E-state index is -4.43. The monoisotopic (exact) mass is 439 g/mol. The van der Waals surface area contributed by atoms with Gasteiger partial charge in [-0.3, -0.25) is 9.89 Å². The molecule has 9 heteroatoms. The second-order valence-corrected chi connectivity index (χ2v) is 7.04. The van der Waals surface area contributed by atoms with Gasteiger partial charge in [0.1, 0.15) is 0 Å². The summed E-state index contributed by atoms with van der Waals surface area (Å²) in [5.41, 5.74) is -0.260. The van der Waals surface area contributed by atoms with Crippen LogP contribution >= 0.6 is 0 Å². The maximum atomic E-state index is 13.6. The quantitative estimate of drug-likeness (QED) is 0.505. The summed E-state index contributed by atoms with van der Waals surface area (Å²) in [5.74, 6) is -2.93. The van der Waals surface area contributed by atoms with Crippen molar-refractivity contribution < 1.29 is 26.7 Å². The Bertz CT molecular complexity index is 1070. The largest absolute Gasteiger partial charge is 0.416 e. The van der Waals surface area contributed by atoms with Gasteiger partial charge in [0.2, 0.25) is 0 Å². The maximum absolute atomic E-state index is 13.6. The van der Waals surface area contributed by atoms with E-state index in [1.54, 1.807) is 6.07 Å². The van der Waals surface area contributed by atoms with Crippen LogP contribution in [0.3, 0.4) is 0 Å². The normalized spacial score (nSPS) is 15.0. The number of hydrogen-bond donors (Lipinski definition) is 1. The third-order valence-electron chi connectivity index (χ3n) is 5.29. The van der Waals surface area contributed by atoms with Crippen LogP contribution in [0.2, 0.25) is 0 Å². The molecule has 3 aromatic rings. The molecule has 1 N–H and O–H groups in total. The number of alkyl halides is 3. The molecule has 166 valence electrons. The molecular formula is C22H22F5N3O. The van der Waals surface area contributed by atoms with E-state index in [9.17, 15) is 26.7 Å². The van der Waals surface area contributed by atoms with Gasteiger partial charge in [-0.1, -0.05) is 32.0 Å². The van der Waals surface area contributed by atoms with Crippen LogP contribution < -0.4 is 0 Å². The molecule has 1 aliphatic heterocycles. The highest BCUT2D eigenvalue weighted by molar-refractivity contribution is 6.04. The van der Waals surface area contributed by atoms with E-state index in [0.29, 0.717) is 12.8 Å². The number of nitrogens with one attached hydrogen (secondary N) is 1. The number of carbonyl (C=O) groups is 1. The second-order valence-electron chi connectivity index (χ2n) is 7.04. The van der Waals surface area contributed by atoms with Gasteiger partial charge in [0.05, 0.1) is 11.1 Å². The number of aromatic nitrogens is 2. The van der Waals surface area contributed by atoms with Crippen molar-refractivity contribution in [3.8, 4) is 0 Å². The number of piperidine rings is 1. The van der Waals surface area contributed by atoms with Crippen LogP contribution in [0.5, 0.6) is 0 Å². The Balaban J connectivity index is 0.00000132. The first-order chi connectivity index (χ1) is 14.8. The molecule has 0 aliphatic carbocycles. The molecule has 1 aliphatic rings. The molecule has 31 heavy (non-hydrogen) atoms. The van der Waals surface area contributed by atoms with Gasteiger partial charge in [-0.15, -0.1) is 0 Å². The van der Waals surface area contributed by atoms with Gasteiger partial charge in [0.25, 0.3) is 5.91 Å². The van der Waals surface area contributed by atoms with Gasteiger partial charge < -0.3 is 4.90 Å². The summed E-state index contributed by atoms with van der Waals surface area (Å²) in [5, 5.41) is 6.55. The van der Waals surface area contributed by atoms with Crippen molar-refractivity contribution in [3.63, 3.8) is 0 Å². The highest BCUT2D eigenvalue weighted by Crippen LogP contribution is 2.38. The molecule has 0 bridgehead atoms. The molecule has 1 aromatic heterocycles. The summed E-state index contributed by atoms with van der Waals surface area (Å²) in [6.07, 6.45) is -3.70. The van der Waals surface area contributed by atoms with Crippen LogP contribution in [0.15, 0.2) is 36.4 Å². The number of likely N-dealkylation sites (tertiary alicyclic amines) is 1. The molecule has 0 unspecified atom stereocenters. The van der Waals surface area contributed by atoms with Crippen LogP contribution in [-0.4, -0.2) is 34.1 Å². The van der Waals surface area contributed by atoms with Crippen LogP contribution in [0.4, 0.5) is 22.0 Å². The fraction of sp³-hybridized carbons (Fsp3) is 0.364. The zero-order valence-electron chi connectivity index (χ0n) is 17.1. The third-order valence-corrected chi connectivity index (χ3v) is 5.29. The van der Waals surface area contributed by atoms with Gasteiger partial charge in [0.15, 0.2) is 17.3 Å². The molecule has 1 amide bonds. The van der Waals surface area contributed by atoms with E-state index >= 15 is 0 Å². The summed E-state index contributed by atoms with van der Waals surface area (Å²) in [6, 6.07) is 7.31. The molecule has 2 heterocycles. The van der Waals surface area contributed by atoms with Crippen LogP contribution in [0, 0.1) is 11.6 Å². The van der Waals surface area contributed by atoms with Gasteiger partial charge in [0, 0.05) is 24.5 Å². The molecule has 0 atom stereocenters. The van der Waals surface area contributed by atoms with Crippen molar-refractivity contribution in [2.24, 2.45) is 0 Å². The molecule has 0 spiro atoms. The van der Waals surface area contributed by atoms with Gasteiger partial charge in [-0.05, 0) is 36.5 Å². The van der Waals surface area contributed by atoms with E-state index in [0.717, 1.165) is 18.2 Å². The maximum Gasteiger partial charge on any atom is 0.416 e. The Morgan fingerprint density at radius 1 is 1.06 bits per heavy atom. The van der Waals surface area contributed by atoms with Crippen molar-refractivity contribution in [3.05, 3.63) is 64.9 Å². The molecule has 0 saturated carbocycles. The molecule has 1 fully saturated rings. The van der Waals surface area contributed by atoms with Gasteiger partial charge in [-0.2, -0.15) is 18.3 Å². The lowest BCUT2D eigenvalue weighted by molar-refractivity contribution is -0.138. The number of benzene rings is 2. The number of nitrogens with zero attached hydrogens (tertiary/aromatic N) is 2. The molecule has 4 rings (SSSR count). The van der Waals surface area contributed by atoms with E-state index in [4.69, 9.17) is 0 Å². The van der Waals surface area contributed by atoms with Crippen molar-refractivity contribution in [2.75, 3.05) is 13.1 Å². The van der Waals surface area contributed by atoms with Crippen molar-refractivity contribution in [2.45, 2.75) is 38.8 Å². The van der Waals surface area contributed by atoms with Gasteiger partial charge in [-0.25, -0.2) is 8.78 Å². The Kier molecular flexibility index (Phi) is 6.62. The fourth-order valence-electron chi connectivity index (χ4n) is 3.83. The summed E-state index contributed by atoms with van der Waals surface area (Å²) in [6.45, 7) is 4.49. The number of fused-ring (bicyclic) bond motifs is 1. The average Bonchev–Trinajstić information content (AvgIpc) is 3.17. The second kappa shape index (κ2) is 9.03. The smallest absolute Gasteiger partial charge is 0.337 e. The lowest BCUT2D eigenvalue weighted by Crippen LogP contribution is -2.38. The zero-order chi connectivity index (χ0) is 22.8. The lowest BCUT2D eigenvalue weighted by atomic mass is 9.86. The number of aromatic amines is 1. The number of amides is 1. The third kappa shape index (κ3) is 4.55. The van der Waals surface area contributed by atoms with Crippen LogP contribution in [0.1, 0.15) is 54.2 Å². The number of H-pyrrole nitrogens is 1. The highest BCUT2D eigenvalue weighted by Gasteiger charge is 2.36. The van der Waals surface area contributed by atoms with E-state index in [1.807, 2.05) is 13.8 Å². The van der Waals surface area contributed by atoms with Crippen LogP contribution in [-0.2, 0) is 6.18 Å². The first-order valence-electron chi connectivity index (χ1n) is 10.0. The minimum Gasteiger partial charge on any atom is -0.337 e. The molecule has 2 aromatic carbocycles. The first-order valence-corrected chi connectivity index (χ1v) is 10.0. The average molecular weight is 439 g/mol. The highest BCUT2D eigenvalue weighted by atomic mass is 19.4. The summed E-state index contributed by atoms with van der Waals surface area (Å²) >= 11 is 0. The summed E-state index contributed by atoms with van der Waals surface area (Å²) in [7, 11) is 0. The Labute approximate surface area is 176 Å². The topological polar surface area (TPSA) is 49.0 Å². The molecule has 4 nitrogen and oxygen atoms in total. The predicted octanol–water partition coefficient (Wildman–Crippen LogP) is 5.91. The van der Waals surface area contributed by atoms with Crippen LogP contribution in [0.25, 0.3) is 10.9 Å². The van der Waals surface area contributed by atoms with E-state index in [-0.39, 0.29) is 41.2 Å².